The van der Waals surface area contributed by atoms with Gasteiger partial charge in [-0.2, -0.15) is 0 Å². The minimum atomic E-state index is -3.78. The predicted octanol–water partition coefficient (Wildman–Crippen LogP) is 8.47. The molecule has 0 bridgehead atoms. The molecular weight excluding hydrogens is 864 g/mol. The molecule has 1 aliphatic heterocycles. The third-order valence-corrected chi connectivity index (χ3v) is 15.2. The van der Waals surface area contributed by atoms with Gasteiger partial charge in [-0.3, -0.25) is 18.7 Å². The molecule has 3 N–H and O–H groups in total. The normalized spacial score (nSPS) is 22.3. The first-order valence-corrected chi connectivity index (χ1v) is 24.9. The van der Waals surface area contributed by atoms with Gasteiger partial charge in [0.25, 0.3) is 0 Å². The number of alkyl carbamates (subject to hydrolysis) is 1. The summed E-state index contributed by atoms with van der Waals surface area (Å²) in [4.78, 5) is 66.2. The third-order valence-electron chi connectivity index (χ3n) is 11.8. The maximum Gasteiger partial charge on any atom is 0.510 e. The number of unbranched alkanes of at least 4 members (excludes halogenated alkanes) is 1. The number of pyridine rings is 1. The van der Waals surface area contributed by atoms with Gasteiger partial charge in [-0.05, 0) is 69.9 Å². The summed E-state index contributed by atoms with van der Waals surface area (Å²) in [6, 6.07) is 5.16. The molecule has 0 radical (unpaired) electrons. The number of hydrogen-bond acceptors (Lipinski definition) is 15. The van der Waals surface area contributed by atoms with Crippen molar-refractivity contribution in [3.8, 4) is 22.9 Å². The minimum Gasteiger partial charge on any atom is -0.497 e. The number of ether oxygens (including phenoxy) is 5. The molecule has 0 spiro atoms. The smallest absolute Gasteiger partial charge is 0.497 e. The molecule has 2 aliphatic carbocycles. The second-order valence-corrected chi connectivity index (χ2v) is 21.7. The van der Waals surface area contributed by atoms with Gasteiger partial charge in [-0.1, -0.05) is 40.2 Å². The van der Waals surface area contributed by atoms with Crippen LogP contribution < -0.4 is 25.4 Å². The summed E-state index contributed by atoms with van der Waals surface area (Å²) in [5.74, 6) is -0.531. The van der Waals surface area contributed by atoms with E-state index in [-0.39, 0.29) is 38.1 Å². The van der Waals surface area contributed by atoms with Crippen molar-refractivity contribution >= 4 is 58.8 Å². The Morgan fingerprint density at radius 3 is 2.48 bits per heavy atom. The number of aromatic nitrogens is 2. The highest BCUT2D eigenvalue weighted by molar-refractivity contribution is 7.60. The second-order valence-electron chi connectivity index (χ2n) is 18.1. The average molecular weight is 927 g/mol. The highest BCUT2D eigenvalue weighted by Gasteiger charge is 2.65. The van der Waals surface area contributed by atoms with Crippen LogP contribution in [0, 0.1) is 11.3 Å². The molecule has 6 atom stereocenters. The van der Waals surface area contributed by atoms with Gasteiger partial charge in [-0.25, -0.2) is 19.6 Å². The number of fused-ring (bicyclic) bond motifs is 1. The quantitative estimate of drug-likeness (QED) is 0.0339. The summed E-state index contributed by atoms with van der Waals surface area (Å²) >= 11 is 1.45. The van der Waals surface area contributed by atoms with Gasteiger partial charge < -0.3 is 44.5 Å². The Bertz CT molecular complexity index is 2230. The fourth-order valence-electron chi connectivity index (χ4n) is 8.11. The van der Waals surface area contributed by atoms with Crippen molar-refractivity contribution in [1.82, 2.24) is 25.5 Å². The fraction of sp³-hybridized carbons (Fsp3) is 0.600. The summed E-state index contributed by atoms with van der Waals surface area (Å²) in [5, 5.41) is 11.0. The molecule has 3 aliphatic rings. The zero-order valence-electron chi connectivity index (χ0n) is 38.1. The first-order valence-electron chi connectivity index (χ1n) is 22.0. The zero-order valence-corrected chi connectivity index (χ0v) is 39.8. The molecular formula is C45H63N6O11PS. The van der Waals surface area contributed by atoms with Crippen LogP contribution in [0.15, 0.2) is 42.3 Å². The van der Waals surface area contributed by atoms with Crippen molar-refractivity contribution in [1.29, 1.82) is 0 Å². The van der Waals surface area contributed by atoms with Crippen LogP contribution in [0.1, 0.15) is 92.9 Å². The first kappa shape index (κ1) is 48.5. The Kier molecular flexibility index (Phi) is 15.5. The summed E-state index contributed by atoms with van der Waals surface area (Å²) in [6.07, 6.45) is 4.09. The standard InChI is InChI=1S/C45H63N6O11PS/c1-10-12-19-58-43(55)59-26-60-63(9,56)45(23-28(45)11-2)50-39(52)36-21-31(24-51(36)40(53)38(44(5,6)7)49-42(54)62-29-15-13-14-16-29)61-37-22-34(35-25-64-41(48-35)46-27(3)4)47-33-20-30(57-8)17-18-32(33)37/h11,17-18,20,22,25,27-29,31,36,38H,2,10,12-16,19,21,23-24,26H2,1,3-9H3,(H,46,48)(H,49,54)(H,50,52)/t28-,31-,36?,38-,45+,63?/m1/s1. The number of nitrogens with zero attached hydrogens (tertiary/aromatic N) is 3. The van der Waals surface area contributed by atoms with E-state index in [1.54, 1.807) is 31.4 Å². The maximum absolute atomic E-state index is 14.9. The van der Waals surface area contributed by atoms with E-state index in [9.17, 15) is 23.7 Å². The van der Waals surface area contributed by atoms with Crippen molar-refractivity contribution < 1.29 is 52.0 Å². The summed E-state index contributed by atoms with van der Waals surface area (Å²) in [7, 11) is -2.21. The van der Waals surface area contributed by atoms with Crippen LogP contribution >= 0.6 is 18.7 Å². The fourth-order valence-corrected chi connectivity index (χ4v) is 11.0. The van der Waals surface area contributed by atoms with E-state index in [0.717, 1.165) is 37.2 Å². The molecule has 2 unspecified atom stereocenters. The predicted molar refractivity (Wildman–Crippen MR) is 244 cm³/mol. The van der Waals surface area contributed by atoms with Crippen LogP contribution in [0.4, 0.5) is 14.7 Å². The highest BCUT2D eigenvalue weighted by atomic mass is 32.1. The van der Waals surface area contributed by atoms with Gasteiger partial charge in [0.1, 0.15) is 46.8 Å². The number of anilines is 1. The number of methoxy groups -OCH3 is 1. The molecule has 3 amide bonds. The largest absolute Gasteiger partial charge is 0.510 e. The van der Waals surface area contributed by atoms with Crippen LogP contribution in [0.25, 0.3) is 22.3 Å². The molecule has 3 fully saturated rings. The number of nitrogens with one attached hydrogen (secondary N) is 3. The van der Waals surface area contributed by atoms with Gasteiger partial charge in [-0.15, -0.1) is 17.9 Å². The molecule has 19 heteroatoms. The number of rotatable bonds is 19. The molecule has 3 aromatic rings. The van der Waals surface area contributed by atoms with Crippen LogP contribution in [0.5, 0.6) is 11.5 Å². The second kappa shape index (κ2) is 20.5. The monoisotopic (exact) mass is 926 g/mol. The van der Waals surface area contributed by atoms with E-state index in [0.29, 0.717) is 40.2 Å². The van der Waals surface area contributed by atoms with Crippen LogP contribution in [0.2, 0.25) is 0 Å². The molecule has 1 aromatic carbocycles. The molecule has 64 heavy (non-hydrogen) atoms. The van der Waals surface area contributed by atoms with E-state index >= 15 is 0 Å². The van der Waals surface area contributed by atoms with Crippen molar-refractivity contribution in [2.24, 2.45) is 11.3 Å². The molecule has 1 saturated heterocycles. The van der Waals surface area contributed by atoms with Gasteiger partial charge in [0, 0.05) is 47.9 Å². The third kappa shape index (κ3) is 11.5. The lowest BCUT2D eigenvalue weighted by atomic mass is 9.85. The van der Waals surface area contributed by atoms with Crippen LogP contribution in [-0.4, -0.2) is 108 Å². The average Bonchev–Trinajstić information content (AvgIpc) is 3.63. The van der Waals surface area contributed by atoms with Crippen molar-refractivity contribution in [2.75, 3.05) is 39.0 Å². The SMILES string of the molecule is C=C[C@@H]1C[C@]1(NC(=O)C1C[C@@H](Oc2cc(-c3csc(NC(C)C)n3)nc3cc(OC)ccc23)CN1C(=O)[C@@H](NC(=O)OC1CCCC1)C(C)(C)C)P(C)(=O)OCOC(=O)OCCCC. The van der Waals surface area contributed by atoms with Gasteiger partial charge >= 0.3 is 12.2 Å². The number of likely N-dealkylation sites (tertiary alicyclic amines) is 1. The van der Waals surface area contributed by atoms with Gasteiger partial charge in [0.05, 0.1) is 31.5 Å². The molecule has 2 saturated carbocycles. The van der Waals surface area contributed by atoms with Gasteiger partial charge in [0.15, 0.2) is 5.13 Å². The topological polar surface area (TPSA) is 206 Å². The summed E-state index contributed by atoms with van der Waals surface area (Å²) < 4.78 is 48.1. The minimum absolute atomic E-state index is 0.0336. The highest BCUT2D eigenvalue weighted by Crippen LogP contribution is 2.70. The molecule has 17 nitrogen and oxygen atoms in total. The lowest BCUT2D eigenvalue weighted by molar-refractivity contribution is -0.142. The number of carbonyl (C=O) groups is 4. The first-order chi connectivity index (χ1) is 30.4. The Morgan fingerprint density at radius 2 is 1.83 bits per heavy atom. The van der Waals surface area contributed by atoms with Crippen LogP contribution in [0.3, 0.4) is 0 Å². The molecule has 2 aromatic heterocycles. The number of hydrogen-bond donors (Lipinski definition) is 3. The van der Waals surface area contributed by atoms with E-state index < -0.39 is 73.0 Å². The van der Waals surface area contributed by atoms with E-state index in [4.69, 9.17) is 38.2 Å². The lowest BCUT2D eigenvalue weighted by Gasteiger charge is -2.36. The summed E-state index contributed by atoms with van der Waals surface area (Å²) in [6.45, 7) is 16.2. The molecule has 350 valence electrons. The number of thiazole rings is 1. The Balaban J connectivity index is 1.30. The van der Waals surface area contributed by atoms with E-state index in [1.165, 1.54) is 22.9 Å². The molecule has 6 rings (SSSR count). The Morgan fingerprint density at radius 1 is 1.08 bits per heavy atom. The number of benzene rings is 1. The van der Waals surface area contributed by atoms with E-state index in [2.05, 4.69) is 22.5 Å². The van der Waals surface area contributed by atoms with Gasteiger partial charge in [0.2, 0.25) is 26.0 Å². The van der Waals surface area contributed by atoms with E-state index in [1.807, 2.05) is 53.0 Å². The Labute approximate surface area is 379 Å². The maximum atomic E-state index is 14.9. The number of amides is 3. The van der Waals surface area contributed by atoms with Crippen molar-refractivity contribution in [2.45, 2.75) is 129 Å². The van der Waals surface area contributed by atoms with Crippen LogP contribution in [-0.2, 0) is 32.9 Å². The Hall–Kier alpha value is -4.93. The lowest BCUT2D eigenvalue weighted by Crippen LogP contribution is -2.58. The zero-order chi connectivity index (χ0) is 46.4. The molecule has 3 heterocycles. The van der Waals surface area contributed by atoms with Crippen molar-refractivity contribution in [3.05, 3.63) is 42.3 Å². The van der Waals surface area contributed by atoms with Crippen molar-refractivity contribution in [3.63, 3.8) is 0 Å². The number of carbonyl (C=O) groups excluding carboxylic acids is 4. The summed E-state index contributed by atoms with van der Waals surface area (Å²) in [5.41, 5.74) is 0.945.